The highest BCUT2D eigenvalue weighted by Gasteiger charge is 2.39. The van der Waals surface area contributed by atoms with Gasteiger partial charge in [0.25, 0.3) is 0 Å². The minimum absolute atomic E-state index is 0.117. The SMILES string of the molecule is O=C(CC1CCCC1)N1CC[C@@](O)(COc2ccc(F)cc2)C1. The zero-order chi connectivity index (χ0) is 16.3. The number of nitrogens with zero attached hydrogens (tertiary/aromatic N) is 1. The maximum absolute atomic E-state index is 12.9. The number of ether oxygens (including phenoxy) is 1. The Labute approximate surface area is 136 Å². The quantitative estimate of drug-likeness (QED) is 0.907. The molecule has 126 valence electrons. The van der Waals surface area contributed by atoms with Crippen molar-refractivity contribution in [2.24, 2.45) is 5.92 Å². The summed E-state index contributed by atoms with van der Waals surface area (Å²) in [6.07, 6.45) is 5.88. The molecule has 1 saturated carbocycles. The molecule has 1 aliphatic heterocycles. The van der Waals surface area contributed by atoms with Gasteiger partial charge >= 0.3 is 0 Å². The Hall–Kier alpha value is -1.62. The Morgan fingerprint density at radius 1 is 1.30 bits per heavy atom. The Morgan fingerprint density at radius 3 is 2.70 bits per heavy atom. The van der Waals surface area contributed by atoms with Crippen molar-refractivity contribution >= 4 is 5.91 Å². The molecule has 23 heavy (non-hydrogen) atoms. The molecular formula is C18H24FNO3. The standard InChI is InChI=1S/C18H24FNO3/c19-15-5-7-16(8-6-15)23-13-18(22)9-10-20(12-18)17(21)11-14-3-1-2-4-14/h5-8,14,22H,1-4,9-13H2/t18-/m0/s1. The molecule has 2 fully saturated rings. The molecule has 1 aliphatic carbocycles. The number of halogens is 1. The van der Waals surface area contributed by atoms with Crippen molar-refractivity contribution in [3.63, 3.8) is 0 Å². The van der Waals surface area contributed by atoms with Crippen LogP contribution in [0.5, 0.6) is 5.75 Å². The maximum Gasteiger partial charge on any atom is 0.222 e. The number of benzene rings is 1. The minimum atomic E-state index is -1.01. The van der Waals surface area contributed by atoms with Gasteiger partial charge in [0.1, 0.15) is 23.8 Å². The molecule has 0 radical (unpaired) electrons. The maximum atomic E-state index is 12.9. The molecule has 3 rings (SSSR count). The van der Waals surface area contributed by atoms with Gasteiger partial charge in [0.15, 0.2) is 0 Å². The molecule has 4 nitrogen and oxygen atoms in total. The number of amides is 1. The molecule has 1 N–H and O–H groups in total. The van der Waals surface area contributed by atoms with Gasteiger partial charge in [-0.1, -0.05) is 12.8 Å². The molecule has 1 aromatic rings. The smallest absolute Gasteiger partial charge is 0.222 e. The van der Waals surface area contributed by atoms with E-state index in [0.717, 1.165) is 12.8 Å². The van der Waals surface area contributed by atoms with Gasteiger partial charge < -0.3 is 14.7 Å². The molecule has 1 heterocycles. The zero-order valence-corrected chi connectivity index (χ0v) is 13.3. The van der Waals surface area contributed by atoms with Crippen molar-refractivity contribution in [3.05, 3.63) is 30.1 Å². The van der Waals surface area contributed by atoms with E-state index in [2.05, 4.69) is 0 Å². The molecule has 5 heteroatoms. The topological polar surface area (TPSA) is 49.8 Å². The number of aliphatic hydroxyl groups is 1. The van der Waals surface area contributed by atoms with Crippen molar-refractivity contribution in [1.82, 2.24) is 4.90 Å². The van der Waals surface area contributed by atoms with Crippen molar-refractivity contribution in [1.29, 1.82) is 0 Å². The van der Waals surface area contributed by atoms with Crippen molar-refractivity contribution in [3.8, 4) is 5.75 Å². The van der Waals surface area contributed by atoms with Crippen molar-refractivity contribution in [2.45, 2.75) is 44.1 Å². The number of hydrogen-bond acceptors (Lipinski definition) is 3. The van der Waals surface area contributed by atoms with E-state index in [1.807, 2.05) is 0 Å². The van der Waals surface area contributed by atoms with E-state index < -0.39 is 5.60 Å². The first-order chi connectivity index (χ1) is 11.0. The van der Waals surface area contributed by atoms with Crippen LogP contribution in [0.3, 0.4) is 0 Å². The lowest BCUT2D eigenvalue weighted by Crippen LogP contribution is -2.41. The molecule has 0 spiro atoms. The second-order valence-corrected chi connectivity index (χ2v) is 6.89. The number of β-amino-alcohol motifs (C(OH)–C–C–N with tert-alkyl or cyclic N) is 1. The summed E-state index contributed by atoms with van der Waals surface area (Å²) in [4.78, 5) is 14.1. The lowest BCUT2D eigenvalue weighted by atomic mass is 10.0. The number of carbonyl (C=O) groups is 1. The molecule has 1 atom stereocenters. The Balaban J connectivity index is 1.48. The molecule has 0 aromatic heterocycles. The first-order valence-corrected chi connectivity index (χ1v) is 8.43. The summed E-state index contributed by atoms with van der Waals surface area (Å²) in [5, 5.41) is 10.6. The van der Waals surface area contributed by atoms with Gasteiger partial charge in [0.2, 0.25) is 5.91 Å². The van der Waals surface area contributed by atoms with Crippen LogP contribution < -0.4 is 4.74 Å². The van der Waals surface area contributed by atoms with Gasteiger partial charge in [0.05, 0.1) is 6.54 Å². The van der Waals surface area contributed by atoms with Gasteiger partial charge in [-0.25, -0.2) is 4.39 Å². The van der Waals surface area contributed by atoms with Crippen LogP contribution in [0.4, 0.5) is 4.39 Å². The van der Waals surface area contributed by atoms with E-state index in [1.165, 1.54) is 37.1 Å². The van der Waals surface area contributed by atoms with Crippen LogP contribution in [0.25, 0.3) is 0 Å². The van der Waals surface area contributed by atoms with Gasteiger partial charge in [-0.2, -0.15) is 0 Å². The van der Waals surface area contributed by atoms with Crippen LogP contribution in [-0.4, -0.2) is 41.2 Å². The molecule has 1 aromatic carbocycles. The Morgan fingerprint density at radius 2 is 2.00 bits per heavy atom. The van der Waals surface area contributed by atoms with Crippen LogP contribution in [-0.2, 0) is 4.79 Å². The summed E-state index contributed by atoms with van der Waals surface area (Å²) in [5.74, 6) is 0.873. The van der Waals surface area contributed by atoms with Crippen LogP contribution in [0, 0.1) is 11.7 Å². The van der Waals surface area contributed by atoms with E-state index in [1.54, 1.807) is 4.90 Å². The molecule has 2 aliphatic rings. The van der Waals surface area contributed by atoms with E-state index in [-0.39, 0.29) is 18.3 Å². The normalized spacial score (nSPS) is 25.0. The van der Waals surface area contributed by atoms with Crippen LogP contribution in [0.2, 0.25) is 0 Å². The minimum Gasteiger partial charge on any atom is -0.491 e. The summed E-state index contributed by atoms with van der Waals surface area (Å²) in [5.41, 5.74) is -1.01. The summed E-state index contributed by atoms with van der Waals surface area (Å²) in [7, 11) is 0. The fraction of sp³-hybridized carbons (Fsp3) is 0.611. The van der Waals surface area contributed by atoms with E-state index in [0.29, 0.717) is 37.6 Å². The van der Waals surface area contributed by atoms with Crippen LogP contribution in [0.1, 0.15) is 38.5 Å². The third kappa shape index (κ3) is 4.22. The predicted molar refractivity (Wildman–Crippen MR) is 84.6 cm³/mol. The number of rotatable bonds is 5. The second kappa shape index (κ2) is 6.87. The average molecular weight is 321 g/mol. The highest BCUT2D eigenvalue weighted by Crippen LogP contribution is 2.30. The third-order valence-corrected chi connectivity index (χ3v) is 4.94. The highest BCUT2D eigenvalue weighted by molar-refractivity contribution is 5.77. The Kier molecular flexibility index (Phi) is 4.85. The van der Waals surface area contributed by atoms with Crippen LogP contribution >= 0.6 is 0 Å². The van der Waals surface area contributed by atoms with Crippen molar-refractivity contribution in [2.75, 3.05) is 19.7 Å². The fourth-order valence-electron chi connectivity index (χ4n) is 3.53. The lowest BCUT2D eigenvalue weighted by Gasteiger charge is -2.24. The van der Waals surface area contributed by atoms with E-state index in [4.69, 9.17) is 4.74 Å². The monoisotopic (exact) mass is 321 g/mol. The summed E-state index contributed by atoms with van der Waals surface area (Å²) in [6.45, 7) is 1.01. The van der Waals surface area contributed by atoms with Gasteiger partial charge in [-0.15, -0.1) is 0 Å². The molecule has 0 bridgehead atoms. The molecule has 1 saturated heterocycles. The average Bonchev–Trinajstić information content (AvgIpc) is 3.17. The van der Waals surface area contributed by atoms with Gasteiger partial charge in [-0.3, -0.25) is 4.79 Å². The molecule has 0 unspecified atom stereocenters. The van der Waals surface area contributed by atoms with E-state index in [9.17, 15) is 14.3 Å². The summed E-state index contributed by atoms with van der Waals surface area (Å²) < 4.78 is 18.4. The largest absolute Gasteiger partial charge is 0.491 e. The van der Waals surface area contributed by atoms with Crippen LogP contribution in [0.15, 0.2) is 24.3 Å². The molecular weight excluding hydrogens is 297 g/mol. The highest BCUT2D eigenvalue weighted by atomic mass is 19.1. The van der Waals surface area contributed by atoms with Gasteiger partial charge in [0, 0.05) is 13.0 Å². The predicted octanol–water partition coefficient (Wildman–Crippen LogP) is 2.75. The third-order valence-electron chi connectivity index (χ3n) is 4.94. The van der Waals surface area contributed by atoms with Gasteiger partial charge in [-0.05, 0) is 49.4 Å². The van der Waals surface area contributed by atoms with E-state index >= 15 is 0 Å². The summed E-state index contributed by atoms with van der Waals surface area (Å²) >= 11 is 0. The molecule has 1 amide bonds. The second-order valence-electron chi connectivity index (χ2n) is 6.89. The first kappa shape index (κ1) is 16.2. The number of hydrogen-bond donors (Lipinski definition) is 1. The Bertz CT molecular complexity index is 542. The summed E-state index contributed by atoms with van der Waals surface area (Å²) in [6, 6.07) is 5.73. The fourth-order valence-corrected chi connectivity index (χ4v) is 3.53. The lowest BCUT2D eigenvalue weighted by molar-refractivity contribution is -0.132. The zero-order valence-electron chi connectivity index (χ0n) is 13.3. The number of carbonyl (C=O) groups excluding carboxylic acids is 1. The van der Waals surface area contributed by atoms with Crippen molar-refractivity contribution < 1.29 is 19.0 Å². The first-order valence-electron chi connectivity index (χ1n) is 8.43. The number of likely N-dealkylation sites (tertiary alicyclic amines) is 1.